The zero-order valence-corrected chi connectivity index (χ0v) is 12.1. The van der Waals surface area contributed by atoms with Gasteiger partial charge in [-0.05, 0) is 30.2 Å². The van der Waals surface area contributed by atoms with E-state index in [0.29, 0.717) is 0 Å². The summed E-state index contributed by atoms with van der Waals surface area (Å²) in [6, 6.07) is 10.5. The SMILES string of the molecule is CN(C)c1ccc2[nH]c(-c3ccc4c(c3)NCC4)nc2n1. The molecule has 21 heavy (non-hydrogen) atoms. The second-order valence-corrected chi connectivity index (χ2v) is 5.57. The van der Waals surface area contributed by atoms with Crippen LogP contribution in [0, 0.1) is 0 Å². The summed E-state index contributed by atoms with van der Waals surface area (Å²) in [7, 11) is 3.96. The van der Waals surface area contributed by atoms with E-state index in [2.05, 4.69) is 38.5 Å². The van der Waals surface area contributed by atoms with Gasteiger partial charge in [0.25, 0.3) is 0 Å². The first-order valence-corrected chi connectivity index (χ1v) is 7.12. The number of imidazole rings is 1. The molecule has 2 N–H and O–H groups in total. The van der Waals surface area contributed by atoms with Crippen LogP contribution in [0.3, 0.4) is 0 Å². The summed E-state index contributed by atoms with van der Waals surface area (Å²) in [6.07, 6.45) is 1.10. The Balaban J connectivity index is 1.80. The molecule has 0 fully saturated rings. The summed E-state index contributed by atoms with van der Waals surface area (Å²) in [5, 5.41) is 3.40. The Bertz CT molecular complexity index is 819. The molecule has 3 aromatic rings. The van der Waals surface area contributed by atoms with Crippen molar-refractivity contribution in [2.24, 2.45) is 0 Å². The molecule has 4 rings (SSSR count). The average Bonchev–Trinajstić information content (AvgIpc) is 3.11. The van der Waals surface area contributed by atoms with Crippen LogP contribution in [0.2, 0.25) is 0 Å². The van der Waals surface area contributed by atoms with Crippen molar-refractivity contribution in [2.45, 2.75) is 6.42 Å². The van der Waals surface area contributed by atoms with Gasteiger partial charge in [-0.1, -0.05) is 12.1 Å². The van der Waals surface area contributed by atoms with E-state index in [-0.39, 0.29) is 0 Å². The number of nitrogens with one attached hydrogen (secondary N) is 2. The molecular formula is C16H17N5. The molecule has 0 saturated carbocycles. The smallest absolute Gasteiger partial charge is 0.180 e. The normalized spacial score (nSPS) is 13.2. The number of H-pyrrole nitrogens is 1. The molecule has 0 bridgehead atoms. The summed E-state index contributed by atoms with van der Waals surface area (Å²) in [4.78, 5) is 14.5. The standard InChI is InChI=1S/C16H17N5/c1-21(2)14-6-5-12-16(19-14)20-15(18-12)11-4-3-10-7-8-17-13(10)9-11/h3-6,9,17H,7-8H2,1-2H3,(H,18,19,20). The number of pyridine rings is 1. The maximum Gasteiger partial charge on any atom is 0.180 e. The van der Waals surface area contributed by atoms with Gasteiger partial charge in [0.15, 0.2) is 5.65 Å². The van der Waals surface area contributed by atoms with Gasteiger partial charge in [0.05, 0.1) is 5.52 Å². The van der Waals surface area contributed by atoms with E-state index in [0.717, 1.165) is 41.3 Å². The molecule has 1 aliphatic rings. The Morgan fingerprint density at radius 3 is 2.86 bits per heavy atom. The van der Waals surface area contributed by atoms with Gasteiger partial charge in [0.2, 0.25) is 0 Å². The number of hydrogen-bond acceptors (Lipinski definition) is 4. The van der Waals surface area contributed by atoms with Crippen molar-refractivity contribution >= 4 is 22.7 Å². The fourth-order valence-corrected chi connectivity index (χ4v) is 2.71. The van der Waals surface area contributed by atoms with Crippen LogP contribution in [0.15, 0.2) is 30.3 Å². The minimum absolute atomic E-state index is 0.754. The van der Waals surface area contributed by atoms with Crippen molar-refractivity contribution in [1.82, 2.24) is 15.0 Å². The minimum Gasteiger partial charge on any atom is -0.384 e. The largest absolute Gasteiger partial charge is 0.384 e. The Labute approximate surface area is 123 Å². The molecule has 106 valence electrons. The molecule has 5 heteroatoms. The average molecular weight is 279 g/mol. The molecular weight excluding hydrogens is 262 g/mol. The van der Waals surface area contributed by atoms with Gasteiger partial charge in [-0.15, -0.1) is 0 Å². The fourth-order valence-electron chi connectivity index (χ4n) is 2.71. The van der Waals surface area contributed by atoms with Gasteiger partial charge in [-0.2, -0.15) is 0 Å². The topological polar surface area (TPSA) is 56.8 Å². The molecule has 0 radical (unpaired) electrons. The third-order valence-electron chi connectivity index (χ3n) is 3.88. The Kier molecular flexibility index (Phi) is 2.60. The second-order valence-electron chi connectivity index (χ2n) is 5.57. The van der Waals surface area contributed by atoms with Crippen LogP contribution in [0.25, 0.3) is 22.6 Å². The molecule has 0 spiro atoms. The van der Waals surface area contributed by atoms with E-state index in [9.17, 15) is 0 Å². The van der Waals surface area contributed by atoms with Crippen molar-refractivity contribution in [3.05, 3.63) is 35.9 Å². The third-order valence-corrected chi connectivity index (χ3v) is 3.88. The first kappa shape index (κ1) is 12.2. The van der Waals surface area contributed by atoms with Gasteiger partial charge < -0.3 is 15.2 Å². The van der Waals surface area contributed by atoms with Crippen molar-refractivity contribution in [1.29, 1.82) is 0 Å². The van der Waals surface area contributed by atoms with Crippen molar-refractivity contribution in [3.63, 3.8) is 0 Å². The number of benzene rings is 1. The van der Waals surface area contributed by atoms with Crippen LogP contribution in [-0.4, -0.2) is 35.6 Å². The Morgan fingerprint density at radius 2 is 2.00 bits per heavy atom. The van der Waals surface area contributed by atoms with Crippen LogP contribution in [0.5, 0.6) is 0 Å². The highest BCUT2D eigenvalue weighted by molar-refractivity contribution is 5.79. The second kappa shape index (κ2) is 4.48. The molecule has 0 atom stereocenters. The lowest BCUT2D eigenvalue weighted by atomic mass is 10.1. The number of nitrogens with zero attached hydrogens (tertiary/aromatic N) is 3. The Morgan fingerprint density at radius 1 is 1.10 bits per heavy atom. The molecule has 0 aliphatic carbocycles. The number of aromatic nitrogens is 3. The van der Waals surface area contributed by atoms with Gasteiger partial charge >= 0.3 is 0 Å². The fraction of sp³-hybridized carbons (Fsp3) is 0.250. The zero-order chi connectivity index (χ0) is 14.4. The summed E-state index contributed by atoms with van der Waals surface area (Å²) in [5.41, 5.74) is 5.40. The molecule has 0 saturated heterocycles. The van der Waals surface area contributed by atoms with E-state index < -0.39 is 0 Å². The van der Waals surface area contributed by atoms with Crippen LogP contribution in [-0.2, 0) is 6.42 Å². The van der Waals surface area contributed by atoms with E-state index in [4.69, 9.17) is 0 Å². The van der Waals surface area contributed by atoms with Gasteiger partial charge in [-0.3, -0.25) is 0 Å². The predicted octanol–water partition coefficient (Wildman–Crippen LogP) is 2.66. The quantitative estimate of drug-likeness (QED) is 0.757. The maximum atomic E-state index is 4.63. The van der Waals surface area contributed by atoms with Crippen LogP contribution in [0.1, 0.15) is 5.56 Å². The van der Waals surface area contributed by atoms with E-state index in [1.54, 1.807) is 0 Å². The van der Waals surface area contributed by atoms with Crippen LogP contribution < -0.4 is 10.2 Å². The molecule has 1 aliphatic heterocycles. The van der Waals surface area contributed by atoms with Crippen molar-refractivity contribution in [3.8, 4) is 11.4 Å². The minimum atomic E-state index is 0.754. The number of anilines is 2. The first-order valence-electron chi connectivity index (χ1n) is 7.12. The summed E-state index contributed by atoms with van der Waals surface area (Å²) in [5.74, 6) is 1.78. The molecule has 0 unspecified atom stereocenters. The number of fused-ring (bicyclic) bond motifs is 2. The third kappa shape index (κ3) is 2.01. The van der Waals surface area contributed by atoms with E-state index >= 15 is 0 Å². The van der Waals surface area contributed by atoms with E-state index in [1.807, 2.05) is 31.1 Å². The summed E-state index contributed by atoms with van der Waals surface area (Å²) >= 11 is 0. The van der Waals surface area contributed by atoms with Gasteiger partial charge in [0.1, 0.15) is 11.6 Å². The van der Waals surface area contributed by atoms with Gasteiger partial charge in [0, 0.05) is 31.9 Å². The van der Waals surface area contributed by atoms with Crippen LogP contribution >= 0.6 is 0 Å². The lowest BCUT2D eigenvalue weighted by molar-refractivity contribution is 1.08. The maximum absolute atomic E-state index is 4.63. The Hall–Kier alpha value is -2.56. The van der Waals surface area contributed by atoms with Crippen molar-refractivity contribution in [2.75, 3.05) is 30.9 Å². The van der Waals surface area contributed by atoms with Gasteiger partial charge in [-0.25, -0.2) is 9.97 Å². The molecule has 1 aromatic carbocycles. The molecule has 3 heterocycles. The van der Waals surface area contributed by atoms with E-state index in [1.165, 1.54) is 11.3 Å². The highest BCUT2D eigenvalue weighted by Crippen LogP contribution is 2.28. The zero-order valence-electron chi connectivity index (χ0n) is 12.1. The highest BCUT2D eigenvalue weighted by Gasteiger charge is 2.13. The number of hydrogen-bond donors (Lipinski definition) is 2. The number of rotatable bonds is 2. The first-order chi connectivity index (χ1) is 10.2. The summed E-state index contributed by atoms with van der Waals surface area (Å²) in [6.45, 7) is 1.02. The van der Waals surface area contributed by atoms with Crippen molar-refractivity contribution < 1.29 is 0 Å². The highest BCUT2D eigenvalue weighted by atomic mass is 15.1. The predicted molar refractivity (Wildman–Crippen MR) is 85.8 cm³/mol. The summed E-state index contributed by atoms with van der Waals surface area (Å²) < 4.78 is 0. The molecule has 2 aromatic heterocycles. The lowest BCUT2D eigenvalue weighted by Gasteiger charge is -2.09. The van der Waals surface area contributed by atoms with Crippen LogP contribution in [0.4, 0.5) is 11.5 Å². The lowest BCUT2D eigenvalue weighted by Crippen LogP contribution is -2.10. The number of aromatic amines is 1. The molecule has 5 nitrogen and oxygen atoms in total. The molecule has 0 amide bonds. The monoisotopic (exact) mass is 279 g/mol.